The molecule has 0 aromatic heterocycles. The maximum absolute atomic E-state index is 12.9. The Morgan fingerprint density at radius 2 is 1.72 bits per heavy atom. The van der Waals surface area contributed by atoms with Crippen LogP contribution in [0.5, 0.6) is 11.5 Å². The zero-order chi connectivity index (χ0) is 22.2. The molecule has 2 aromatic rings. The van der Waals surface area contributed by atoms with E-state index in [0.29, 0.717) is 30.7 Å². The molecule has 168 valence electrons. The van der Waals surface area contributed by atoms with Crippen molar-refractivity contribution in [3.8, 4) is 11.5 Å². The third-order valence-corrected chi connectivity index (χ3v) is 7.37. The van der Waals surface area contributed by atoms with Crippen LogP contribution < -0.4 is 4.74 Å². The SMILES string of the molecule is CCN(CC)C(=O)c1ccc2c(c1)Oc1ccccc1C2=C1CC2CCC(C1)N2CCO. The van der Waals surface area contributed by atoms with Gasteiger partial charge in [0.15, 0.2) is 0 Å². The highest BCUT2D eigenvalue weighted by atomic mass is 16.5. The quantitative estimate of drug-likeness (QED) is 0.635. The molecule has 2 atom stereocenters. The summed E-state index contributed by atoms with van der Waals surface area (Å²) in [6.45, 7) is 6.39. The van der Waals surface area contributed by atoms with Crippen LogP contribution >= 0.6 is 0 Å². The molecule has 5 nitrogen and oxygen atoms in total. The summed E-state index contributed by atoms with van der Waals surface area (Å²) in [6, 6.07) is 15.2. The van der Waals surface area contributed by atoms with Crippen molar-refractivity contribution in [2.24, 2.45) is 0 Å². The molecule has 0 radical (unpaired) electrons. The number of carbonyl (C=O) groups is 1. The monoisotopic (exact) mass is 432 g/mol. The van der Waals surface area contributed by atoms with E-state index in [1.807, 2.05) is 43.0 Å². The molecular weight excluding hydrogens is 400 g/mol. The summed E-state index contributed by atoms with van der Waals surface area (Å²) in [6.07, 6.45) is 4.45. The topological polar surface area (TPSA) is 53.0 Å². The second-order valence-corrected chi connectivity index (χ2v) is 9.02. The lowest BCUT2D eigenvalue weighted by Gasteiger charge is -2.37. The van der Waals surface area contributed by atoms with E-state index in [-0.39, 0.29) is 12.5 Å². The standard InChI is InChI=1S/C27H32N2O3/c1-3-28(4-2)27(31)18-9-12-23-25(17-18)32-24-8-6-5-7-22(24)26(23)19-15-20-10-11-21(16-19)29(20)13-14-30/h5-9,12,17,20-21,30H,3-4,10-11,13-16H2,1-2H3. The Bertz CT molecular complexity index is 1040. The van der Waals surface area contributed by atoms with Crippen LogP contribution in [0.1, 0.15) is 61.0 Å². The molecular formula is C27H32N2O3. The maximum Gasteiger partial charge on any atom is 0.253 e. The van der Waals surface area contributed by atoms with Crippen LogP contribution in [0.2, 0.25) is 0 Å². The summed E-state index contributed by atoms with van der Waals surface area (Å²) < 4.78 is 6.32. The number of aliphatic hydroxyl groups is 1. The Balaban J connectivity index is 1.58. The normalized spacial score (nSPS) is 21.7. The van der Waals surface area contributed by atoms with Gasteiger partial charge in [-0.1, -0.05) is 23.8 Å². The predicted octanol–water partition coefficient (Wildman–Crippen LogP) is 4.70. The van der Waals surface area contributed by atoms with E-state index >= 15 is 0 Å². The van der Waals surface area contributed by atoms with E-state index in [2.05, 4.69) is 23.1 Å². The van der Waals surface area contributed by atoms with Gasteiger partial charge in [-0.25, -0.2) is 0 Å². The molecule has 32 heavy (non-hydrogen) atoms. The number of carbonyl (C=O) groups excluding carboxylic acids is 1. The minimum absolute atomic E-state index is 0.0461. The van der Waals surface area contributed by atoms with Crippen molar-refractivity contribution in [1.29, 1.82) is 0 Å². The largest absolute Gasteiger partial charge is 0.456 e. The predicted molar refractivity (Wildman–Crippen MR) is 126 cm³/mol. The molecule has 2 saturated heterocycles. The molecule has 0 spiro atoms. The first kappa shape index (κ1) is 21.2. The first-order valence-corrected chi connectivity index (χ1v) is 11.9. The molecule has 0 aliphatic carbocycles. The van der Waals surface area contributed by atoms with Crippen molar-refractivity contribution in [2.75, 3.05) is 26.2 Å². The van der Waals surface area contributed by atoms with E-state index in [9.17, 15) is 9.90 Å². The van der Waals surface area contributed by atoms with Gasteiger partial charge in [0.1, 0.15) is 11.5 Å². The van der Waals surface area contributed by atoms with Gasteiger partial charge in [0.05, 0.1) is 6.61 Å². The first-order valence-electron chi connectivity index (χ1n) is 11.9. The number of piperidine rings is 1. The summed E-state index contributed by atoms with van der Waals surface area (Å²) in [5.41, 5.74) is 5.67. The summed E-state index contributed by atoms with van der Waals surface area (Å²) in [5, 5.41) is 9.50. The van der Waals surface area contributed by atoms with E-state index in [0.717, 1.165) is 42.0 Å². The molecule has 2 aromatic carbocycles. The number of amides is 1. The van der Waals surface area contributed by atoms with Gasteiger partial charge in [0.25, 0.3) is 5.91 Å². The number of aliphatic hydroxyl groups excluding tert-OH is 1. The van der Waals surface area contributed by atoms with Crippen LogP contribution in [0.3, 0.4) is 0 Å². The fourth-order valence-corrected chi connectivity index (χ4v) is 5.84. The fourth-order valence-electron chi connectivity index (χ4n) is 5.84. The van der Waals surface area contributed by atoms with Gasteiger partial charge in [-0.2, -0.15) is 0 Å². The Hall–Kier alpha value is -2.63. The molecule has 3 aliphatic heterocycles. The van der Waals surface area contributed by atoms with Crippen molar-refractivity contribution >= 4 is 11.5 Å². The van der Waals surface area contributed by atoms with Gasteiger partial charge >= 0.3 is 0 Å². The molecule has 2 fully saturated rings. The zero-order valence-electron chi connectivity index (χ0n) is 19.0. The second kappa shape index (κ2) is 8.72. The van der Waals surface area contributed by atoms with E-state index in [1.54, 1.807) is 0 Å². The van der Waals surface area contributed by atoms with Crippen molar-refractivity contribution in [3.63, 3.8) is 0 Å². The zero-order valence-corrected chi connectivity index (χ0v) is 19.0. The van der Waals surface area contributed by atoms with E-state index < -0.39 is 0 Å². The van der Waals surface area contributed by atoms with Gasteiger partial charge in [-0.05, 0) is 69.4 Å². The molecule has 2 bridgehead atoms. The number of hydrogen-bond donors (Lipinski definition) is 1. The van der Waals surface area contributed by atoms with Crippen LogP contribution in [0, 0.1) is 0 Å². The smallest absolute Gasteiger partial charge is 0.253 e. The molecule has 3 aliphatic rings. The summed E-state index contributed by atoms with van der Waals surface area (Å²) >= 11 is 0. The lowest BCUT2D eigenvalue weighted by Crippen LogP contribution is -2.42. The van der Waals surface area contributed by atoms with Gasteiger partial charge in [0, 0.05) is 48.4 Å². The number of benzene rings is 2. The minimum Gasteiger partial charge on any atom is -0.456 e. The maximum atomic E-state index is 12.9. The average Bonchev–Trinajstić information content (AvgIpc) is 3.04. The van der Waals surface area contributed by atoms with Gasteiger partial charge < -0.3 is 14.7 Å². The molecule has 0 saturated carbocycles. The molecule has 5 rings (SSSR count). The van der Waals surface area contributed by atoms with Crippen molar-refractivity contribution in [3.05, 3.63) is 64.7 Å². The van der Waals surface area contributed by atoms with Gasteiger partial charge in [-0.3, -0.25) is 9.69 Å². The number of ether oxygens (including phenoxy) is 1. The molecule has 5 heteroatoms. The van der Waals surface area contributed by atoms with Gasteiger partial charge in [-0.15, -0.1) is 0 Å². The Morgan fingerprint density at radius 1 is 1.03 bits per heavy atom. The number of fused-ring (bicyclic) bond motifs is 4. The minimum atomic E-state index is 0.0461. The highest BCUT2D eigenvalue weighted by molar-refractivity contribution is 5.97. The third kappa shape index (κ3) is 3.54. The number of para-hydroxylation sites is 1. The number of rotatable bonds is 5. The molecule has 3 heterocycles. The highest BCUT2D eigenvalue weighted by Crippen LogP contribution is 2.49. The van der Waals surface area contributed by atoms with Gasteiger partial charge in [0.2, 0.25) is 0 Å². The van der Waals surface area contributed by atoms with Crippen molar-refractivity contribution in [2.45, 2.75) is 51.6 Å². The Morgan fingerprint density at radius 3 is 2.41 bits per heavy atom. The molecule has 2 unspecified atom stereocenters. The average molecular weight is 433 g/mol. The summed E-state index contributed by atoms with van der Waals surface area (Å²) in [5.74, 6) is 1.68. The van der Waals surface area contributed by atoms with Crippen LogP contribution in [-0.4, -0.2) is 59.1 Å². The number of nitrogens with zero attached hydrogens (tertiary/aromatic N) is 2. The van der Waals surface area contributed by atoms with E-state index in [1.165, 1.54) is 24.0 Å². The lowest BCUT2D eigenvalue weighted by molar-refractivity contribution is 0.0772. The van der Waals surface area contributed by atoms with Crippen LogP contribution in [0.4, 0.5) is 0 Å². The lowest BCUT2D eigenvalue weighted by atomic mass is 9.83. The third-order valence-electron chi connectivity index (χ3n) is 7.37. The molecule has 1 N–H and O–H groups in total. The fraction of sp³-hybridized carbons (Fsp3) is 0.444. The summed E-state index contributed by atoms with van der Waals surface area (Å²) in [4.78, 5) is 17.3. The Labute approximate surface area is 190 Å². The number of hydrogen-bond acceptors (Lipinski definition) is 4. The van der Waals surface area contributed by atoms with Crippen LogP contribution in [0.15, 0.2) is 48.0 Å². The van der Waals surface area contributed by atoms with Crippen molar-refractivity contribution < 1.29 is 14.6 Å². The molecule has 1 amide bonds. The Kier molecular flexibility index (Phi) is 5.78. The van der Waals surface area contributed by atoms with Crippen LogP contribution in [-0.2, 0) is 0 Å². The second-order valence-electron chi connectivity index (χ2n) is 9.02. The summed E-state index contributed by atoms with van der Waals surface area (Å²) in [7, 11) is 0. The first-order chi connectivity index (χ1) is 15.6. The highest BCUT2D eigenvalue weighted by Gasteiger charge is 2.40. The van der Waals surface area contributed by atoms with Crippen molar-refractivity contribution in [1.82, 2.24) is 9.80 Å². The van der Waals surface area contributed by atoms with Crippen LogP contribution in [0.25, 0.3) is 5.57 Å². The van der Waals surface area contributed by atoms with E-state index in [4.69, 9.17) is 4.74 Å².